The second-order valence-corrected chi connectivity index (χ2v) is 5.33. The average Bonchev–Trinajstić information content (AvgIpc) is 2.78. The zero-order valence-corrected chi connectivity index (χ0v) is 13.0. The molecule has 1 fully saturated rings. The minimum Gasteiger partial charge on any atom is -0.368 e. The van der Waals surface area contributed by atoms with Gasteiger partial charge in [-0.15, -0.1) is 0 Å². The summed E-state index contributed by atoms with van der Waals surface area (Å²) in [6.45, 7) is 0.762. The van der Waals surface area contributed by atoms with Crippen LogP contribution in [0.3, 0.4) is 0 Å². The highest BCUT2D eigenvalue weighted by Crippen LogP contribution is 2.32. The Labute approximate surface area is 137 Å². The molecule has 4 N–H and O–H groups in total. The Morgan fingerprint density at radius 2 is 1.92 bits per heavy atom. The van der Waals surface area contributed by atoms with Crippen LogP contribution in [0.15, 0.2) is 24.3 Å². The van der Waals surface area contributed by atoms with Crippen LogP contribution >= 0.6 is 0 Å². The van der Waals surface area contributed by atoms with Crippen molar-refractivity contribution < 1.29 is 23.6 Å². The van der Waals surface area contributed by atoms with Gasteiger partial charge in [-0.2, -0.15) is 0 Å². The van der Waals surface area contributed by atoms with Gasteiger partial charge in [0.1, 0.15) is 17.9 Å². The first kappa shape index (κ1) is 17.4. The maximum absolute atomic E-state index is 13.1. The molecule has 1 saturated heterocycles. The summed E-state index contributed by atoms with van der Waals surface area (Å²) < 4.78 is 13.1. The van der Waals surface area contributed by atoms with E-state index in [-0.39, 0.29) is 13.0 Å². The smallest absolute Gasteiger partial charge is 0.325 e. The molecule has 0 unspecified atom stereocenters. The molecule has 0 bridgehead atoms. The molecular formula is C15H17FN4O4. The Morgan fingerprint density at radius 1 is 1.29 bits per heavy atom. The monoisotopic (exact) mass is 336 g/mol. The standard InChI is InChI=1S/C15H17FN4O4/c1-2-15(9-3-5-10(16)6-4-9)13(23)20(14(24)19-15)8-12(22)18-7-11(17)21/h3-6H,2,7-8H2,1H3,(H2,17,21)(H,18,22)(H,19,24)/t15-/m1/s1. The van der Waals surface area contributed by atoms with Crippen molar-refractivity contribution in [2.45, 2.75) is 18.9 Å². The van der Waals surface area contributed by atoms with Gasteiger partial charge in [0, 0.05) is 0 Å². The van der Waals surface area contributed by atoms with E-state index in [4.69, 9.17) is 5.73 Å². The lowest BCUT2D eigenvalue weighted by Crippen LogP contribution is -2.45. The molecule has 1 atom stereocenters. The second-order valence-electron chi connectivity index (χ2n) is 5.33. The van der Waals surface area contributed by atoms with Crippen molar-refractivity contribution in [2.75, 3.05) is 13.1 Å². The Morgan fingerprint density at radius 3 is 2.46 bits per heavy atom. The minimum absolute atomic E-state index is 0.225. The number of hydrogen-bond acceptors (Lipinski definition) is 4. The van der Waals surface area contributed by atoms with Crippen molar-refractivity contribution in [3.05, 3.63) is 35.6 Å². The van der Waals surface area contributed by atoms with E-state index >= 15 is 0 Å². The van der Waals surface area contributed by atoms with Crippen molar-refractivity contribution >= 4 is 23.8 Å². The van der Waals surface area contributed by atoms with Gasteiger partial charge in [0.2, 0.25) is 11.8 Å². The summed E-state index contributed by atoms with van der Waals surface area (Å²) in [5.41, 5.74) is 3.98. The van der Waals surface area contributed by atoms with Gasteiger partial charge in [0.05, 0.1) is 6.54 Å². The summed E-state index contributed by atoms with van der Waals surface area (Å²) in [5.74, 6) is -2.52. The molecule has 0 aromatic heterocycles. The van der Waals surface area contributed by atoms with Crippen LogP contribution in [0.4, 0.5) is 9.18 Å². The highest BCUT2D eigenvalue weighted by molar-refractivity contribution is 6.09. The van der Waals surface area contributed by atoms with Gasteiger partial charge >= 0.3 is 6.03 Å². The summed E-state index contributed by atoms with van der Waals surface area (Å²) >= 11 is 0. The van der Waals surface area contributed by atoms with E-state index in [1.165, 1.54) is 24.3 Å². The number of nitrogens with zero attached hydrogens (tertiary/aromatic N) is 1. The van der Waals surface area contributed by atoms with Crippen LogP contribution in [0.2, 0.25) is 0 Å². The topological polar surface area (TPSA) is 122 Å². The number of carbonyl (C=O) groups excluding carboxylic acids is 4. The Bertz CT molecular complexity index is 691. The number of amides is 5. The van der Waals surface area contributed by atoms with Crippen LogP contribution in [0.1, 0.15) is 18.9 Å². The molecule has 1 aromatic rings. The normalized spacial score (nSPS) is 20.0. The molecule has 8 nitrogen and oxygen atoms in total. The van der Waals surface area contributed by atoms with Gasteiger partial charge in [0.15, 0.2) is 0 Å². The molecule has 5 amide bonds. The first-order valence-electron chi connectivity index (χ1n) is 7.25. The minimum atomic E-state index is -1.35. The van der Waals surface area contributed by atoms with Crippen LogP contribution < -0.4 is 16.4 Å². The van der Waals surface area contributed by atoms with Crippen molar-refractivity contribution in [3.8, 4) is 0 Å². The molecule has 0 spiro atoms. The maximum atomic E-state index is 13.1. The number of urea groups is 1. The fraction of sp³-hybridized carbons (Fsp3) is 0.333. The van der Waals surface area contributed by atoms with Gasteiger partial charge in [-0.1, -0.05) is 19.1 Å². The number of hydrogen-bond donors (Lipinski definition) is 3. The van der Waals surface area contributed by atoms with Crippen molar-refractivity contribution in [2.24, 2.45) is 5.73 Å². The van der Waals surface area contributed by atoms with E-state index < -0.39 is 41.7 Å². The Hall–Kier alpha value is -2.97. The second kappa shape index (κ2) is 6.65. The van der Waals surface area contributed by atoms with Gasteiger partial charge in [-0.3, -0.25) is 19.3 Å². The molecule has 1 aliphatic rings. The summed E-state index contributed by atoms with van der Waals surface area (Å²) in [5, 5.41) is 4.77. The first-order valence-corrected chi connectivity index (χ1v) is 7.25. The number of benzene rings is 1. The van der Waals surface area contributed by atoms with E-state index in [0.717, 1.165) is 4.90 Å². The molecule has 24 heavy (non-hydrogen) atoms. The van der Waals surface area contributed by atoms with Gasteiger partial charge in [-0.25, -0.2) is 9.18 Å². The molecule has 0 aliphatic carbocycles. The van der Waals surface area contributed by atoms with Gasteiger partial charge in [-0.05, 0) is 24.1 Å². The van der Waals surface area contributed by atoms with E-state index in [0.29, 0.717) is 5.56 Å². The summed E-state index contributed by atoms with van der Waals surface area (Å²) in [4.78, 5) is 48.0. The van der Waals surface area contributed by atoms with Crippen molar-refractivity contribution in [3.63, 3.8) is 0 Å². The highest BCUT2D eigenvalue weighted by Gasteiger charge is 2.51. The van der Waals surface area contributed by atoms with Crippen LogP contribution in [0, 0.1) is 5.82 Å². The lowest BCUT2D eigenvalue weighted by molar-refractivity contribution is -0.135. The molecule has 0 saturated carbocycles. The molecule has 1 aliphatic heterocycles. The Kier molecular flexibility index (Phi) is 4.82. The average molecular weight is 336 g/mol. The first-order chi connectivity index (χ1) is 11.3. The zero-order valence-electron chi connectivity index (χ0n) is 13.0. The number of nitrogens with one attached hydrogen (secondary N) is 2. The Balaban J connectivity index is 2.21. The molecule has 0 radical (unpaired) electrons. The molecular weight excluding hydrogens is 319 g/mol. The summed E-state index contributed by atoms with van der Waals surface area (Å²) in [7, 11) is 0. The summed E-state index contributed by atoms with van der Waals surface area (Å²) in [6.07, 6.45) is 0.225. The lowest BCUT2D eigenvalue weighted by Gasteiger charge is -2.25. The molecule has 1 heterocycles. The van der Waals surface area contributed by atoms with Crippen LogP contribution in [0.5, 0.6) is 0 Å². The number of rotatable bonds is 6. The van der Waals surface area contributed by atoms with E-state index in [1.54, 1.807) is 6.92 Å². The van der Waals surface area contributed by atoms with Crippen LogP contribution in [-0.4, -0.2) is 41.7 Å². The fourth-order valence-corrected chi connectivity index (χ4v) is 2.53. The van der Waals surface area contributed by atoms with E-state index in [9.17, 15) is 23.6 Å². The van der Waals surface area contributed by atoms with Gasteiger partial charge < -0.3 is 16.4 Å². The molecule has 1 aromatic carbocycles. The third kappa shape index (κ3) is 3.19. The predicted molar refractivity (Wildman–Crippen MR) is 80.8 cm³/mol. The van der Waals surface area contributed by atoms with Crippen LogP contribution in [0.25, 0.3) is 0 Å². The molecule has 128 valence electrons. The third-order valence-electron chi connectivity index (χ3n) is 3.80. The number of halogens is 1. The predicted octanol–water partition coefficient (Wildman–Crippen LogP) is -0.416. The lowest BCUT2D eigenvalue weighted by atomic mass is 9.87. The quantitative estimate of drug-likeness (QED) is 0.611. The van der Waals surface area contributed by atoms with Crippen molar-refractivity contribution in [1.82, 2.24) is 15.5 Å². The van der Waals surface area contributed by atoms with Gasteiger partial charge in [0.25, 0.3) is 5.91 Å². The number of carbonyl (C=O) groups is 4. The zero-order chi connectivity index (χ0) is 17.9. The van der Waals surface area contributed by atoms with Crippen molar-refractivity contribution in [1.29, 1.82) is 0 Å². The molecule has 2 rings (SSSR count). The largest absolute Gasteiger partial charge is 0.368 e. The fourth-order valence-electron chi connectivity index (χ4n) is 2.53. The number of nitrogens with two attached hydrogens (primary N) is 1. The van der Waals surface area contributed by atoms with E-state index in [2.05, 4.69) is 10.6 Å². The maximum Gasteiger partial charge on any atom is 0.325 e. The third-order valence-corrected chi connectivity index (χ3v) is 3.80. The summed E-state index contributed by atoms with van der Waals surface area (Å²) in [6, 6.07) is 4.46. The SMILES string of the molecule is CC[C@]1(c2ccc(F)cc2)NC(=O)N(CC(=O)NCC(N)=O)C1=O. The molecule has 9 heteroatoms. The number of primary amides is 1. The van der Waals surface area contributed by atoms with E-state index in [1.807, 2.05) is 0 Å². The van der Waals surface area contributed by atoms with Crippen LogP contribution in [-0.2, 0) is 19.9 Å². The highest BCUT2D eigenvalue weighted by atomic mass is 19.1. The number of imide groups is 1.